The van der Waals surface area contributed by atoms with E-state index in [1.54, 1.807) is 0 Å². The number of nitrogens with zero attached hydrogens (tertiary/aromatic N) is 1. The van der Waals surface area contributed by atoms with E-state index in [1.807, 2.05) is 36.1 Å². The van der Waals surface area contributed by atoms with Gasteiger partial charge in [-0.15, -0.1) is 0 Å². The lowest BCUT2D eigenvalue weighted by molar-refractivity contribution is 0.0775. The highest BCUT2D eigenvalue weighted by atomic mass is 16.2. The van der Waals surface area contributed by atoms with Crippen molar-refractivity contribution in [3.8, 4) is 0 Å². The van der Waals surface area contributed by atoms with Crippen LogP contribution in [0.2, 0.25) is 0 Å². The van der Waals surface area contributed by atoms with Crippen LogP contribution in [0.3, 0.4) is 0 Å². The molecule has 96 valence electrons. The van der Waals surface area contributed by atoms with E-state index in [0.29, 0.717) is 5.41 Å². The van der Waals surface area contributed by atoms with Gasteiger partial charge < -0.3 is 10.2 Å². The van der Waals surface area contributed by atoms with Crippen molar-refractivity contribution in [2.45, 2.75) is 19.8 Å². The van der Waals surface area contributed by atoms with Gasteiger partial charge in [0.05, 0.1) is 0 Å². The average Bonchev–Trinajstić information content (AvgIpc) is 3.01. The Morgan fingerprint density at radius 3 is 2.72 bits per heavy atom. The van der Waals surface area contributed by atoms with Crippen LogP contribution in [0.25, 0.3) is 0 Å². The molecule has 2 heterocycles. The molecule has 3 rings (SSSR count). The third-order valence-electron chi connectivity index (χ3n) is 4.36. The maximum absolute atomic E-state index is 12.4. The first kappa shape index (κ1) is 11.7. The molecule has 1 spiro atoms. The van der Waals surface area contributed by atoms with Crippen LogP contribution in [0.15, 0.2) is 24.3 Å². The first-order valence-electron chi connectivity index (χ1n) is 6.75. The molecular formula is C15H20N2O. The van der Waals surface area contributed by atoms with Crippen molar-refractivity contribution in [1.29, 1.82) is 0 Å². The Kier molecular flexibility index (Phi) is 2.86. The van der Waals surface area contributed by atoms with E-state index in [1.165, 1.54) is 12.0 Å². The number of carbonyl (C=O) groups is 1. The second kappa shape index (κ2) is 4.39. The van der Waals surface area contributed by atoms with Gasteiger partial charge in [0.1, 0.15) is 0 Å². The number of hydrogen-bond acceptors (Lipinski definition) is 2. The molecule has 1 amide bonds. The van der Waals surface area contributed by atoms with Crippen molar-refractivity contribution < 1.29 is 4.79 Å². The van der Waals surface area contributed by atoms with Gasteiger partial charge in [0.25, 0.3) is 5.91 Å². The lowest BCUT2D eigenvalue weighted by atomic mass is 9.86. The molecule has 2 fully saturated rings. The Bertz CT molecular complexity index is 446. The minimum atomic E-state index is 0.193. The van der Waals surface area contributed by atoms with Gasteiger partial charge in [0.15, 0.2) is 0 Å². The third-order valence-corrected chi connectivity index (χ3v) is 4.36. The maximum Gasteiger partial charge on any atom is 0.253 e. The molecule has 18 heavy (non-hydrogen) atoms. The number of likely N-dealkylation sites (tertiary alicyclic amines) is 1. The van der Waals surface area contributed by atoms with Crippen LogP contribution in [-0.4, -0.2) is 37.0 Å². The molecule has 0 aliphatic carbocycles. The van der Waals surface area contributed by atoms with Gasteiger partial charge in [-0.3, -0.25) is 4.79 Å². The standard InChI is InChI=1S/C15H20N2O/c1-12-2-4-13(5-3-12)14(18)17-9-7-15(11-17)6-8-16-10-15/h2-5,16H,6-11H2,1H3. The smallest absolute Gasteiger partial charge is 0.253 e. The highest BCUT2D eigenvalue weighted by Crippen LogP contribution is 2.36. The molecule has 1 aromatic rings. The van der Waals surface area contributed by atoms with Gasteiger partial charge in [-0.1, -0.05) is 17.7 Å². The summed E-state index contributed by atoms with van der Waals surface area (Å²) in [6, 6.07) is 7.90. The van der Waals surface area contributed by atoms with Crippen LogP contribution < -0.4 is 5.32 Å². The zero-order chi connectivity index (χ0) is 12.6. The van der Waals surface area contributed by atoms with Gasteiger partial charge in [-0.05, 0) is 38.4 Å². The summed E-state index contributed by atoms with van der Waals surface area (Å²) in [6.07, 6.45) is 2.36. The zero-order valence-corrected chi connectivity index (χ0v) is 10.9. The second-order valence-corrected chi connectivity index (χ2v) is 5.77. The summed E-state index contributed by atoms with van der Waals surface area (Å²) in [6.45, 7) is 6.06. The Morgan fingerprint density at radius 2 is 2.06 bits per heavy atom. The Morgan fingerprint density at radius 1 is 1.28 bits per heavy atom. The molecule has 2 saturated heterocycles. The summed E-state index contributed by atoms with van der Waals surface area (Å²) in [7, 11) is 0. The van der Waals surface area contributed by atoms with Crippen LogP contribution in [0.5, 0.6) is 0 Å². The maximum atomic E-state index is 12.4. The first-order valence-corrected chi connectivity index (χ1v) is 6.75. The summed E-state index contributed by atoms with van der Waals surface area (Å²) in [5.74, 6) is 0.193. The fourth-order valence-corrected chi connectivity index (χ4v) is 3.13. The Balaban J connectivity index is 1.72. The van der Waals surface area contributed by atoms with Crippen molar-refractivity contribution in [3.05, 3.63) is 35.4 Å². The fourth-order valence-electron chi connectivity index (χ4n) is 3.13. The lowest BCUT2D eigenvalue weighted by Gasteiger charge is -2.22. The van der Waals surface area contributed by atoms with E-state index in [2.05, 4.69) is 5.32 Å². The summed E-state index contributed by atoms with van der Waals surface area (Å²) < 4.78 is 0. The van der Waals surface area contributed by atoms with E-state index < -0.39 is 0 Å². The lowest BCUT2D eigenvalue weighted by Crippen LogP contribution is -2.33. The fraction of sp³-hybridized carbons (Fsp3) is 0.533. The molecule has 1 unspecified atom stereocenters. The number of hydrogen-bond donors (Lipinski definition) is 1. The summed E-state index contributed by atoms with van der Waals surface area (Å²) in [5, 5.41) is 3.42. The molecule has 0 radical (unpaired) electrons. The predicted octanol–water partition coefficient (Wildman–Crippen LogP) is 1.82. The molecule has 0 saturated carbocycles. The van der Waals surface area contributed by atoms with Crippen molar-refractivity contribution >= 4 is 5.91 Å². The molecular weight excluding hydrogens is 224 g/mol. The van der Waals surface area contributed by atoms with Gasteiger partial charge in [-0.2, -0.15) is 0 Å². The molecule has 1 aromatic carbocycles. The van der Waals surface area contributed by atoms with Crippen LogP contribution >= 0.6 is 0 Å². The van der Waals surface area contributed by atoms with E-state index in [-0.39, 0.29) is 5.91 Å². The first-order chi connectivity index (χ1) is 8.69. The minimum absolute atomic E-state index is 0.193. The Labute approximate surface area is 108 Å². The average molecular weight is 244 g/mol. The van der Waals surface area contributed by atoms with Crippen LogP contribution in [0, 0.1) is 12.3 Å². The van der Waals surface area contributed by atoms with E-state index in [4.69, 9.17) is 0 Å². The monoisotopic (exact) mass is 244 g/mol. The largest absolute Gasteiger partial charge is 0.338 e. The second-order valence-electron chi connectivity index (χ2n) is 5.77. The minimum Gasteiger partial charge on any atom is -0.338 e. The van der Waals surface area contributed by atoms with Gasteiger partial charge >= 0.3 is 0 Å². The number of carbonyl (C=O) groups excluding carboxylic acids is 1. The molecule has 1 atom stereocenters. The number of aryl methyl sites for hydroxylation is 1. The highest BCUT2D eigenvalue weighted by Gasteiger charge is 2.41. The van der Waals surface area contributed by atoms with Crippen molar-refractivity contribution in [1.82, 2.24) is 10.2 Å². The van der Waals surface area contributed by atoms with Crippen molar-refractivity contribution in [2.75, 3.05) is 26.2 Å². The number of amides is 1. The summed E-state index contributed by atoms with van der Waals surface area (Å²) >= 11 is 0. The number of rotatable bonds is 1. The molecule has 3 nitrogen and oxygen atoms in total. The number of nitrogens with one attached hydrogen (secondary N) is 1. The van der Waals surface area contributed by atoms with Crippen molar-refractivity contribution in [2.24, 2.45) is 5.41 Å². The quantitative estimate of drug-likeness (QED) is 0.817. The van der Waals surface area contributed by atoms with Crippen LogP contribution in [-0.2, 0) is 0 Å². The molecule has 2 aliphatic rings. The van der Waals surface area contributed by atoms with E-state index in [0.717, 1.165) is 38.2 Å². The number of benzene rings is 1. The zero-order valence-electron chi connectivity index (χ0n) is 10.9. The molecule has 2 aliphatic heterocycles. The SMILES string of the molecule is Cc1ccc(C(=O)N2CCC3(CCNC3)C2)cc1. The van der Waals surface area contributed by atoms with Gasteiger partial charge in [0, 0.05) is 30.6 Å². The predicted molar refractivity (Wildman–Crippen MR) is 71.6 cm³/mol. The third kappa shape index (κ3) is 2.03. The van der Waals surface area contributed by atoms with Gasteiger partial charge in [0.2, 0.25) is 0 Å². The van der Waals surface area contributed by atoms with Gasteiger partial charge in [-0.25, -0.2) is 0 Å². The highest BCUT2D eigenvalue weighted by molar-refractivity contribution is 5.94. The van der Waals surface area contributed by atoms with Crippen molar-refractivity contribution in [3.63, 3.8) is 0 Å². The van der Waals surface area contributed by atoms with E-state index >= 15 is 0 Å². The van der Waals surface area contributed by atoms with E-state index in [9.17, 15) is 4.79 Å². The summed E-state index contributed by atoms with van der Waals surface area (Å²) in [4.78, 5) is 14.4. The Hall–Kier alpha value is -1.35. The van der Waals surface area contributed by atoms with Crippen LogP contribution in [0.4, 0.5) is 0 Å². The molecule has 1 N–H and O–H groups in total. The van der Waals surface area contributed by atoms with Crippen LogP contribution in [0.1, 0.15) is 28.8 Å². The summed E-state index contributed by atoms with van der Waals surface area (Å²) in [5.41, 5.74) is 2.38. The molecule has 0 aromatic heterocycles. The molecule has 3 heteroatoms. The molecule has 0 bridgehead atoms. The topological polar surface area (TPSA) is 32.3 Å². The normalized spacial score (nSPS) is 27.1.